The highest BCUT2D eigenvalue weighted by Gasteiger charge is 2.29. The van der Waals surface area contributed by atoms with Crippen LogP contribution >= 0.6 is 0 Å². The first-order valence-electron chi connectivity index (χ1n) is 9.76. The highest BCUT2D eigenvalue weighted by Crippen LogP contribution is 2.25. The van der Waals surface area contributed by atoms with Gasteiger partial charge in [-0.15, -0.1) is 0 Å². The maximum atomic E-state index is 12.7. The van der Waals surface area contributed by atoms with Crippen LogP contribution in [0.4, 0.5) is 0 Å². The number of nitrogens with zero attached hydrogens (tertiary/aromatic N) is 3. The normalized spacial score (nSPS) is 21.3. The Morgan fingerprint density at radius 1 is 1.15 bits per heavy atom. The third-order valence-corrected chi connectivity index (χ3v) is 5.55. The predicted molar refractivity (Wildman–Crippen MR) is 96.1 cm³/mol. The highest BCUT2D eigenvalue weighted by molar-refractivity contribution is 5.86. The Balaban J connectivity index is 1.48. The second-order valence-electron chi connectivity index (χ2n) is 7.46. The van der Waals surface area contributed by atoms with Crippen molar-refractivity contribution in [1.29, 1.82) is 0 Å². The van der Waals surface area contributed by atoms with E-state index in [2.05, 4.69) is 5.10 Å². The third kappa shape index (κ3) is 4.63. The Kier molecular flexibility index (Phi) is 6.29. The molecule has 0 bridgehead atoms. The first-order valence-corrected chi connectivity index (χ1v) is 9.76. The average Bonchev–Trinajstić information content (AvgIpc) is 3.01. The van der Waals surface area contributed by atoms with Gasteiger partial charge in [-0.1, -0.05) is 25.7 Å². The van der Waals surface area contributed by atoms with E-state index in [-0.39, 0.29) is 23.6 Å². The van der Waals surface area contributed by atoms with Crippen LogP contribution in [0.15, 0.2) is 12.4 Å². The van der Waals surface area contributed by atoms with Crippen molar-refractivity contribution in [1.82, 2.24) is 14.7 Å². The molecule has 1 aliphatic carbocycles. The van der Waals surface area contributed by atoms with E-state index in [9.17, 15) is 9.59 Å². The maximum Gasteiger partial charge on any atom is 0.338 e. The SMILES string of the molecule is CC(OC1CCCCCC1)C(=O)N1CCC(n2cc(C(=O)O)cn2)CC1. The van der Waals surface area contributed by atoms with E-state index in [4.69, 9.17) is 9.84 Å². The molecule has 1 aliphatic heterocycles. The number of carbonyl (C=O) groups excluding carboxylic acids is 1. The summed E-state index contributed by atoms with van der Waals surface area (Å²) in [5, 5.41) is 13.2. The van der Waals surface area contributed by atoms with Gasteiger partial charge in [0.1, 0.15) is 6.10 Å². The Morgan fingerprint density at radius 3 is 2.38 bits per heavy atom. The molecule has 26 heavy (non-hydrogen) atoms. The van der Waals surface area contributed by atoms with E-state index in [0.29, 0.717) is 13.1 Å². The van der Waals surface area contributed by atoms with E-state index in [1.54, 1.807) is 10.9 Å². The number of aromatic nitrogens is 2. The summed E-state index contributed by atoms with van der Waals surface area (Å²) in [6.07, 6.45) is 11.4. The fraction of sp³-hybridized carbons (Fsp3) is 0.737. The van der Waals surface area contributed by atoms with Crippen molar-refractivity contribution in [3.8, 4) is 0 Å². The number of carboxylic acid groups (broad SMARTS) is 1. The van der Waals surface area contributed by atoms with Gasteiger partial charge in [0.05, 0.1) is 23.9 Å². The average molecular weight is 363 g/mol. The quantitative estimate of drug-likeness (QED) is 0.813. The lowest BCUT2D eigenvalue weighted by Crippen LogP contribution is -2.45. The monoisotopic (exact) mass is 363 g/mol. The van der Waals surface area contributed by atoms with Crippen LogP contribution in [0.5, 0.6) is 0 Å². The van der Waals surface area contributed by atoms with E-state index >= 15 is 0 Å². The number of carbonyl (C=O) groups is 2. The molecular weight excluding hydrogens is 334 g/mol. The van der Waals surface area contributed by atoms with Crippen molar-refractivity contribution in [2.75, 3.05) is 13.1 Å². The van der Waals surface area contributed by atoms with Gasteiger partial charge in [-0.2, -0.15) is 5.10 Å². The molecule has 2 fully saturated rings. The molecule has 144 valence electrons. The van der Waals surface area contributed by atoms with Crippen molar-refractivity contribution in [3.05, 3.63) is 18.0 Å². The first kappa shape index (κ1) is 18.9. The van der Waals surface area contributed by atoms with Crippen LogP contribution in [0.1, 0.15) is 74.7 Å². The first-order chi connectivity index (χ1) is 12.5. The van der Waals surface area contributed by atoms with Crippen molar-refractivity contribution < 1.29 is 19.4 Å². The summed E-state index contributed by atoms with van der Waals surface area (Å²) in [6.45, 7) is 3.18. The lowest BCUT2D eigenvalue weighted by atomic mass is 10.0. The lowest BCUT2D eigenvalue weighted by molar-refractivity contribution is -0.148. The van der Waals surface area contributed by atoms with Crippen molar-refractivity contribution in [2.45, 2.75) is 76.5 Å². The number of carboxylic acids is 1. The van der Waals surface area contributed by atoms with Gasteiger partial charge in [-0.25, -0.2) is 4.79 Å². The molecule has 1 atom stereocenters. The molecule has 7 heteroatoms. The third-order valence-electron chi connectivity index (χ3n) is 5.55. The molecule has 0 aromatic carbocycles. The summed E-state index contributed by atoms with van der Waals surface area (Å²) in [5.74, 6) is -0.896. The lowest BCUT2D eigenvalue weighted by Gasteiger charge is -2.34. The topological polar surface area (TPSA) is 84.7 Å². The minimum Gasteiger partial charge on any atom is -0.478 e. The van der Waals surface area contributed by atoms with Gasteiger partial charge in [-0.3, -0.25) is 9.48 Å². The van der Waals surface area contributed by atoms with Gasteiger partial charge in [-0.05, 0) is 32.6 Å². The summed E-state index contributed by atoms with van der Waals surface area (Å²) in [7, 11) is 0. The number of hydrogen-bond donors (Lipinski definition) is 1. The van der Waals surface area contributed by atoms with Crippen LogP contribution in [-0.2, 0) is 9.53 Å². The second kappa shape index (κ2) is 8.66. The van der Waals surface area contributed by atoms with Crippen LogP contribution in [0.25, 0.3) is 0 Å². The molecule has 1 amide bonds. The zero-order chi connectivity index (χ0) is 18.5. The van der Waals surface area contributed by atoms with Crippen LogP contribution < -0.4 is 0 Å². The summed E-state index contributed by atoms with van der Waals surface area (Å²) < 4.78 is 7.77. The summed E-state index contributed by atoms with van der Waals surface area (Å²) >= 11 is 0. The molecule has 1 N–H and O–H groups in total. The Hall–Kier alpha value is -1.89. The van der Waals surface area contributed by atoms with Gasteiger partial charge in [0, 0.05) is 19.3 Å². The van der Waals surface area contributed by atoms with Gasteiger partial charge >= 0.3 is 5.97 Å². The second-order valence-corrected chi connectivity index (χ2v) is 7.46. The standard InChI is InChI=1S/C19H29N3O4/c1-14(26-17-6-4-2-3-5-7-17)18(23)21-10-8-16(9-11-21)22-13-15(12-20-22)19(24)25/h12-14,16-17H,2-11H2,1H3,(H,24,25). The van der Waals surface area contributed by atoms with Gasteiger partial charge in [0.2, 0.25) is 0 Å². The van der Waals surface area contributed by atoms with Crippen LogP contribution in [0.2, 0.25) is 0 Å². The molecule has 2 heterocycles. The summed E-state index contributed by atoms with van der Waals surface area (Å²) in [5.41, 5.74) is 0.203. The molecule has 1 saturated carbocycles. The zero-order valence-corrected chi connectivity index (χ0v) is 15.5. The minimum absolute atomic E-state index is 0.0689. The van der Waals surface area contributed by atoms with E-state index in [1.165, 1.54) is 31.9 Å². The largest absolute Gasteiger partial charge is 0.478 e. The molecule has 0 radical (unpaired) electrons. The molecular formula is C19H29N3O4. The number of ether oxygens (including phenoxy) is 1. The molecule has 1 aromatic heterocycles. The molecule has 3 rings (SSSR count). The number of amides is 1. The van der Waals surface area contributed by atoms with Crippen LogP contribution in [-0.4, -0.2) is 57.0 Å². The molecule has 7 nitrogen and oxygen atoms in total. The summed E-state index contributed by atoms with van der Waals surface area (Å²) in [4.78, 5) is 25.5. The molecule has 2 aliphatic rings. The van der Waals surface area contributed by atoms with E-state index < -0.39 is 12.1 Å². The Bertz CT molecular complexity index is 614. The maximum absolute atomic E-state index is 12.7. The van der Waals surface area contributed by atoms with Crippen molar-refractivity contribution in [3.63, 3.8) is 0 Å². The van der Waals surface area contributed by atoms with E-state index in [0.717, 1.165) is 25.7 Å². The predicted octanol–water partition coefficient (Wildman–Crippen LogP) is 2.87. The fourth-order valence-electron chi connectivity index (χ4n) is 3.98. The molecule has 1 saturated heterocycles. The Morgan fingerprint density at radius 2 is 1.81 bits per heavy atom. The number of likely N-dealkylation sites (tertiary alicyclic amines) is 1. The van der Waals surface area contributed by atoms with Gasteiger partial charge in [0.25, 0.3) is 5.91 Å². The number of piperidine rings is 1. The van der Waals surface area contributed by atoms with Crippen molar-refractivity contribution >= 4 is 11.9 Å². The smallest absolute Gasteiger partial charge is 0.338 e. The number of rotatable bonds is 5. The van der Waals surface area contributed by atoms with Gasteiger partial charge in [0.15, 0.2) is 0 Å². The molecule has 1 unspecified atom stereocenters. The minimum atomic E-state index is -0.964. The molecule has 1 aromatic rings. The number of aromatic carboxylic acids is 1. The van der Waals surface area contributed by atoms with Crippen LogP contribution in [0, 0.1) is 0 Å². The number of hydrogen-bond acceptors (Lipinski definition) is 4. The zero-order valence-electron chi connectivity index (χ0n) is 15.5. The van der Waals surface area contributed by atoms with Gasteiger partial charge < -0.3 is 14.7 Å². The summed E-state index contributed by atoms with van der Waals surface area (Å²) in [6, 6.07) is 0.144. The highest BCUT2D eigenvalue weighted by atomic mass is 16.5. The van der Waals surface area contributed by atoms with Crippen molar-refractivity contribution in [2.24, 2.45) is 0 Å². The molecule has 0 spiro atoms. The Labute approximate surface area is 154 Å². The van der Waals surface area contributed by atoms with E-state index in [1.807, 2.05) is 11.8 Å². The fourth-order valence-corrected chi connectivity index (χ4v) is 3.98. The van der Waals surface area contributed by atoms with Crippen LogP contribution in [0.3, 0.4) is 0 Å².